The molecule has 0 radical (unpaired) electrons. The Morgan fingerprint density at radius 1 is 1.12 bits per heavy atom. The van der Waals surface area contributed by atoms with Crippen molar-refractivity contribution < 1.29 is 0 Å². The van der Waals surface area contributed by atoms with Crippen LogP contribution in [0.2, 0.25) is 0 Å². The molecule has 0 spiro atoms. The van der Waals surface area contributed by atoms with E-state index in [4.69, 9.17) is 0 Å². The van der Waals surface area contributed by atoms with Crippen LogP contribution < -0.4 is 0 Å². The van der Waals surface area contributed by atoms with Crippen LogP contribution in [0.5, 0.6) is 0 Å². The van der Waals surface area contributed by atoms with Crippen LogP contribution in [0.15, 0.2) is 29.0 Å². The first-order valence-electron chi connectivity index (χ1n) is 4.68. The van der Waals surface area contributed by atoms with Gasteiger partial charge in [-0.3, -0.25) is 4.57 Å². The molecule has 3 nitrogen and oxygen atoms in total. The first kappa shape index (κ1) is 10.9. The summed E-state index contributed by atoms with van der Waals surface area (Å²) in [6.07, 6.45) is 0. The smallest absolute Gasteiger partial charge is 0.201 e. The second kappa shape index (κ2) is 3.92. The first-order valence-corrected chi connectivity index (χ1v) is 7.30. The van der Waals surface area contributed by atoms with Crippen molar-refractivity contribution in [3.63, 3.8) is 0 Å². The number of nitrogens with zero attached hydrogens (tertiary/aromatic N) is 3. The van der Waals surface area contributed by atoms with Crippen LogP contribution in [0.25, 0.3) is 11.4 Å². The van der Waals surface area contributed by atoms with E-state index in [2.05, 4.69) is 70.1 Å². The molecule has 82 valence electrons. The predicted octanol–water partition coefficient (Wildman–Crippen LogP) is 4.05. The third-order valence-electron chi connectivity index (χ3n) is 2.64. The Morgan fingerprint density at radius 2 is 1.88 bits per heavy atom. The van der Waals surface area contributed by atoms with Gasteiger partial charge in [-0.2, -0.15) is 0 Å². The van der Waals surface area contributed by atoms with E-state index in [9.17, 15) is 0 Å². The SMILES string of the molecule is Brc1nnc2n1C(Br)C(Br)c1ccccc1-2. The minimum Gasteiger partial charge on any atom is -0.287 e. The minimum atomic E-state index is 0.113. The summed E-state index contributed by atoms with van der Waals surface area (Å²) in [5.41, 5.74) is 2.36. The number of rotatable bonds is 0. The topological polar surface area (TPSA) is 30.7 Å². The largest absolute Gasteiger partial charge is 0.287 e. The van der Waals surface area contributed by atoms with E-state index in [1.54, 1.807) is 0 Å². The monoisotopic (exact) mass is 405 g/mol. The van der Waals surface area contributed by atoms with Crippen LogP contribution in [-0.4, -0.2) is 14.8 Å². The Balaban J connectivity index is 2.34. The summed E-state index contributed by atoms with van der Waals surface area (Å²) < 4.78 is 2.77. The maximum absolute atomic E-state index is 4.20. The van der Waals surface area contributed by atoms with Gasteiger partial charge in [-0.05, 0) is 21.5 Å². The zero-order valence-corrected chi connectivity index (χ0v) is 12.7. The highest BCUT2D eigenvalue weighted by molar-refractivity contribution is 9.12. The molecule has 0 saturated heterocycles. The zero-order chi connectivity index (χ0) is 11.3. The standard InChI is InChI=1S/C10H6Br3N3/c11-7-5-3-1-2-4-6(5)9-14-15-10(13)16(9)8(7)12/h1-4,7-8H. The Labute approximate surface area is 118 Å². The van der Waals surface area contributed by atoms with Gasteiger partial charge in [0.05, 0.1) is 4.83 Å². The number of halogens is 3. The van der Waals surface area contributed by atoms with E-state index >= 15 is 0 Å². The lowest BCUT2D eigenvalue weighted by atomic mass is 10.0. The van der Waals surface area contributed by atoms with Gasteiger partial charge in [0, 0.05) is 5.56 Å². The highest BCUT2D eigenvalue weighted by Crippen LogP contribution is 2.48. The van der Waals surface area contributed by atoms with E-state index in [1.165, 1.54) is 5.56 Å². The molecule has 16 heavy (non-hydrogen) atoms. The maximum Gasteiger partial charge on any atom is 0.201 e. The average molecular weight is 408 g/mol. The second-order valence-electron chi connectivity index (χ2n) is 3.52. The number of alkyl halides is 2. The summed E-state index contributed by atoms with van der Waals surface area (Å²) in [5.74, 6) is 0.889. The normalized spacial score (nSPS) is 22.7. The van der Waals surface area contributed by atoms with E-state index < -0.39 is 0 Å². The van der Waals surface area contributed by atoms with Crippen molar-refractivity contribution in [1.29, 1.82) is 0 Å². The number of fused-ring (bicyclic) bond motifs is 3. The Bertz CT molecular complexity index is 552. The van der Waals surface area contributed by atoms with Gasteiger partial charge in [-0.25, -0.2) is 0 Å². The molecule has 0 bridgehead atoms. The summed E-state index contributed by atoms with van der Waals surface area (Å²) in [5, 5.41) is 8.26. The van der Waals surface area contributed by atoms with E-state index in [1.807, 2.05) is 16.7 Å². The molecule has 1 aromatic carbocycles. The number of hydrogen-bond acceptors (Lipinski definition) is 2. The molecule has 2 heterocycles. The van der Waals surface area contributed by atoms with Crippen molar-refractivity contribution in [2.75, 3.05) is 0 Å². The van der Waals surface area contributed by atoms with Crippen LogP contribution in [-0.2, 0) is 0 Å². The van der Waals surface area contributed by atoms with Crippen molar-refractivity contribution in [3.8, 4) is 11.4 Å². The molecule has 2 atom stereocenters. The molecule has 1 aliphatic rings. The Morgan fingerprint density at radius 3 is 2.69 bits per heavy atom. The summed E-state index contributed by atoms with van der Waals surface area (Å²) in [6, 6.07) is 8.22. The molecule has 0 N–H and O–H groups in total. The number of aromatic nitrogens is 3. The molecule has 3 rings (SSSR count). The summed E-state index contributed by atoms with van der Waals surface area (Å²) in [4.78, 5) is 0.324. The lowest BCUT2D eigenvalue weighted by Crippen LogP contribution is -2.16. The first-order chi connectivity index (χ1) is 7.70. The van der Waals surface area contributed by atoms with Gasteiger partial charge in [0.15, 0.2) is 5.82 Å². The number of benzene rings is 1. The molecule has 1 aromatic heterocycles. The fourth-order valence-electron chi connectivity index (χ4n) is 1.89. The van der Waals surface area contributed by atoms with Crippen molar-refractivity contribution in [1.82, 2.24) is 14.8 Å². The molecule has 6 heteroatoms. The average Bonchev–Trinajstić information content (AvgIpc) is 2.69. The van der Waals surface area contributed by atoms with Crippen LogP contribution in [0.4, 0.5) is 0 Å². The highest BCUT2D eigenvalue weighted by atomic mass is 79.9. The maximum atomic E-state index is 4.20. The predicted molar refractivity (Wildman–Crippen MR) is 72.8 cm³/mol. The molecule has 0 fully saturated rings. The molecule has 0 saturated carbocycles. The third kappa shape index (κ3) is 1.43. The molecule has 0 amide bonds. The zero-order valence-electron chi connectivity index (χ0n) is 7.94. The third-order valence-corrected chi connectivity index (χ3v) is 5.82. The van der Waals surface area contributed by atoms with Crippen LogP contribution in [0.3, 0.4) is 0 Å². The molecule has 0 aliphatic carbocycles. The van der Waals surface area contributed by atoms with Crippen molar-refractivity contribution in [2.45, 2.75) is 9.78 Å². The highest BCUT2D eigenvalue weighted by Gasteiger charge is 2.32. The van der Waals surface area contributed by atoms with Crippen molar-refractivity contribution >= 4 is 47.8 Å². The van der Waals surface area contributed by atoms with Gasteiger partial charge in [-0.1, -0.05) is 56.1 Å². The van der Waals surface area contributed by atoms with Crippen LogP contribution >= 0.6 is 47.8 Å². The lowest BCUT2D eigenvalue weighted by Gasteiger charge is -2.27. The summed E-state index contributed by atoms with van der Waals surface area (Å²) in [6.45, 7) is 0. The van der Waals surface area contributed by atoms with Gasteiger partial charge < -0.3 is 0 Å². The fourth-order valence-corrected chi connectivity index (χ4v) is 3.95. The molecular weight excluding hydrogens is 402 g/mol. The van der Waals surface area contributed by atoms with E-state index in [0.717, 1.165) is 16.1 Å². The van der Waals surface area contributed by atoms with Gasteiger partial charge in [0.1, 0.15) is 4.95 Å². The van der Waals surface area contributed by atoms with E-state index in [0.29, 0.717) is 0 Å². The summed E-state index contributed by atoms with van der Waals surface area (Å²) in [7, 11) is 0. The van der Waals surface area contributed by atoms with Gasteiger partial charge in [0.2, 0.25) is 4.73 Å². The van der Waals surface area contributed by atoms with Gasteiger partial charge in [-0.15, -0.1) is 10.2 Å². The fraction of sp³-hybridized carbons (Fsp3) is 0.200. The Kier molecular flexibility index (Phi) is 2.68. The summed E-state index contributed by atoms with van der Waals surface area (Å²) >= 11 is 10.8. The Hall–Kier alpha value is -0.200. The van der Waals surface area contributed by atoms with Crippen molar-refractivity contribution in [3.05, 3.63) is 34.6 Å². The van der Waals surface area contributed by atoms with Crippen LogP contribution in [0.1, 0.15) is 15.3 Å². The molecule has 2 aromatic rings. The quantitative estimate of drug-likeness (QED) is 0.617. The minimum absolute atomic E-state index is 0.113. The van der Waals surface area contributed by atoms with Gasteiger partial charge >= 0.3 is 0 Å². The molecular formula is C10H6Br3N3. The van der Waals surface area contributed by atoms with Crippen molar-refractivity contribution in [2.24, 2.45) is 0 Å². The molecule has 1 aliphatic heterocycles. The van der Waals surface area contributed by atoms with E-state index in [-0.39, 0.29) is 9.78 Å². The number of hydrogen-bond donors (Lipinski definition) is 0. The lowest BCUT2D eigenvalue weighted by molar-refractivity contribution is 0.655. The van der Waals surface area contributed by atoms with Crippen LogP contribution in [0, 0.1) is 0 Å². The second-order valence-corrected chi connectivity index (χ2v) is 6.16. The molecule has 2 unspecified atom stereocenters. The van der Waals surface area contributed by atoms with Gasteiger partial charge in [0.25, 0.3) is 0 Å².